The molecule has 1 N–H and O–H groups in total. The lowest BCUT2D eigenvalue weighted by molar-refractivity contribution is -0.0328. The Kier molecular flexibility index (Phi) is 6.25. The molecule has 2 aromatic carbocycles. The molecule has 0 aliphatic carbocycles. The first kappa shape index (κ1) is 19.8. The van der Waals surface area contributed by atoms with Gasteiger partial charge >= 0.3 is 5.51 Å². The minimum atomic E-state index is -4.50. The zero-order chi connectivity index (χ0) is 19.3. The minimum Gasteiger partial charge on any atom is -0.493 e. The van der Waals surface area contributed by atoms with Crippen LogP contribution in [0, 0.1) is 0 Å². The molecule has 0 saturated heterocycles. The molecule has 1 amide bonds. The van der Waals surface area contributed by atoms with Crippen LogP contribution in [0.25, 0.3) is 0 Å². The number of nitrogens with one attached hydrogen (secondary N) is 1. The van der Waals surface area contributed by atoms with Gasteiger partial charge < -0.3 is 19.5 Å². The van der Waals surface area contributed by atoms with Crippen LogP contribution in [0.4, 0.5) is 18.9 Å². The van der Waals surface area contributed by atoms with E-state index >= 15 is 0 Å². The normalized spacial score (nSPS) is 11.0. The first-order chi connectivity index (χ1) is 12.3. The maximum Gasteiger partial charge on any atom is 0.446 e. The van der Waals surface area contributed by atoms with Gasteiger partial charge in [0.2, 0.25) is 5.75 Å². The number of halogens is 3. The Morgan fingerprint density at radius 2 is 1.58 bits per heavy atom. The topological polar surface area (TPSA) is 56.8 Å². The molecule has 0 aromatic heterocycles. The summed E-state index contributed by atoms with van der Waals surface area (Å²) in [7, 11) is 4.26. The van der Waals surface area contributed by atoms with Crippen molar-refractivity contribution in [3.63, 3.8) is 0 Å². The zero-order valence-corrected chi connectivity index (χ0v) is 15.0. The van der Waals surface area contributed by atoms with Crippen LogP contribution in [0.15, 0.2) is 41.3 Å². The smallest absolute Gasteiger partial charge is 0.446 e. The van der Waals surface area contributed by atoms with Gasteiger partial charge in [-0.25, -0.2) is 0 Å². The largest absolute Gasteiger partial charge is 0.493 e. The molecule has 5 nitrogen and oxygen atoms in total. The summed E-state index contributed by atoms with van der Waals surface area (Å²) in [6.07, 6.45) is 0. The van der Waals surface area contributed by atoms with Crippen LogP contribution in [-0.4, -0.2) is 32.7 Å². The average Bonchev–Trinajstić information content (AvgIpc) is 2.59. The number of carbonyl (C=O) groups excluding carboxylic acids is 1. The number of benzene rings is 2. The van der Waals surface area contributed by atoms with Crippen molar-refractivity contribution in [1.82, 2.24) is 0 Å². The van der Waals surface area contributed by atoms with E-state index in [1.165, 1.54) is 57.7 Å². The Labute approximate surface area is 152 Å². The number of hydrogen-bond donors (Lipinski definition) is 1. The number of rotatable bonds is 6. The molecule has 2 rings (SSSR count). The second-order valence-corrected chi connectivity index (χ2v) is 6.02. The molecule has 0 unspecified atom stereocenters. The van der Waals surface area contributed by atoms with Crippen LogP contribution >= 0.6 is 11.8 Å². The summed E-state index contributed by atoms with van der Waals surface area (Å²) in [6.45, 7) is 0. The Bertz CT molecular complexity index is 771. The first-order valence-corrected chi connectivity index (χ1v) is 8.06. The number of ether oxygens (including phenoxy) is 3. The minimum absolute atomic E-state index is 0.0939. The third-order valence-corrected chi connectivity index (χ3v) is 4.09. The molecular formula is C17H16F3NO4S. The summed E-state index contributed by atoms with van der Waals surface area (Å²) in [6, 6.07) is 8.45. The van der Waals surface area contributed by atoms with Crippen molar-refractivity contribution < 1.29 is 32.2 Å². The predicted molar refractivity (Wildman–Crippen MR) is 92.4 cm³/mol. The first-order valence-electron chi connectivity index (χ1n) is 7.25. The van der Waals surface area contributed by atoms with E-state index in [0.29, 0.717) is 17.2 Å². The summed E-state index contributed by atoms with van der Waals surface area (Å²) in [5, 5.41) is 2.55. The van der Waals surface area contributed by atoms with Crippen molar-refractivity contribution >= 4 is 23.4 Å². The molecule has 0 heterocycles. The molecule has 0 radical (unpaired) electrons. The number of anilines is 1. The van der Waals surface area contributed by atoms with E-state index in [1.54, 1.807) is 0 Å². The molecule has 9 heteroatoms. The fourth-order valence-corrected chi connectivity index (χ4v) is 2.89. The van der Waals surface area contributed by atoms with E-state index in [0.717, 1.165) is 0 Å². The molecule has 2 aromatic rings. The van der Waals surface area contributed by atoms with Crippen molar-refractivity contribution in [3.8, 4) is 17.2 Å². The van der Waals surface area contributed by atoms with Gasteiger partial charge in [0.05, 0.1) is 26.9 Å². The summed E-state index contributed by atoms with van der Waals surface area (Å²) < 4.78 is 53.6. The van der Waals surface area contributed by atoms with Gasteiger partial charge in [0.15, 0.2) is 11.5 Å². The SMILES string of the molecule is COc1cc(NC(=O)c2ccccc2SC(F)(F)F)cc(OC)c1OC. The zero-order valence-electron chi connectivity index (χ0n) is 14.1. The van der Waals surface area contributed by atoms with E-state index in [4.69, 9.17) is 14.2 Å². The predicted octanol–water partition coefficient (Wildman–Crippen LogP) is 4.58. The van der Waals surface area contributed by atoms with Gasteiger partial charge in [-0.05, 0) is 23.9 Å². The van der Waals surface area contributed by atoms with Crippen molar-refractivity contribution in [1.29, 1.82) is 0 Å². The van der Waals surface area contributed by atoms with E-state index in [9.17, 15) is 18.0 Å². The number of hydrogen-bond acceptors (Lipinski definition) is 5. The summed E-state index contributed by atoms with van der Waals surface area (Å²) in [5.41, 5.74) is -4.30. The molecular weight excluding hydrogens is 371 g/mol. The third kappa shape index (κ3) is 4.75. The van der Waals surface area contributed by atoms with Crippen molar-refractivity contribution in [2.24, 2.45) is 0 Å². The standard InChI is InChI=1S/C17H16F3NO4S/c1-23-12-8-10(9-13(24-2)15(12)25-3)21-16(22)11-6-4-5-7-14(11)26-17(18,19)20/h4-9H,1-3H3,(H,21,22). The van der Waals surface area contributed by atoms with Crippen LogP contribution in [0.5, 0.6) is 17.2 Å². The molecule has 0 atom stereocenters. The molecule has 0 spiro atoms. The summed E-state index contributed by atoms with van der Waals surface area (Å²) in [5.74, 6) is 0.257. The second kappa shape index (κ2) is 8.22. The Hall–Kier alpha value is -2.55. The molecule has 0 bridgehead atoms. The molecule has 0 fully saturated rings. The fraction of sp³-hybridized carbons (Fsp3) is 0.235. The highest BCUT2D eigenvalue weighted by Crippen LogP contribution is 2.41. The van der Waals surface area contributed by atoms with Gasteiger partial charge in [0.25, 0.3) is 5.91 Å². The van der Waals surface area contributed by atoms with E-state index in [1.807, 2.05) is 0 Å². The van der Waals surface area contributed by atoms with E-state index in [-0.39, 0.29) is 27.9 Å². The van der Waals surface area contributed by atoms with E-state index in [2.05, 4.69) is 5.32 Å². The average molecular weight is 387 g/mol. The van der Waals surface area contributed by atoms with Gasteiger partial charge in [0.1, 0.15) is 0 Å². The van der Waals surface area contributed by atoms with Crippen LogP contribution < -0.4 is 19.5 Å². The third-order valence-electron chi connectivity index (χ3n) is 3.28. The fourth-order valence-electron chi connectivity index (χ4n) is 2.22. The number of carbonyl (C=O) groups is 1. The quantitative estimate of drug-likeness (QED) is 0.736. The highest BCUT2D eigenvalue weighted by Gasteiger charge is 2.31. The monoisotopic (exact) mass is 387 g/mol. The molecule has 26 heavy (non-hydrogen) atoms. The Morgan fingerprint density at radius 1 is 1.00 bits per heavy atom. The number of alkyl halides is 3. The van der Waals surface area contributed by atoms with Gasteiger partial charge in [-0.3, -0.25) is 4.79 Å². The van der Waals surface area contributed by atoms with Gasteiger partial charge in [-0.1, -0.05) is 12.1 Å². The number of methoxy groups -OCH3 is 3. The van der Waals surface area contributed by atoms with Crippen molar-refractivity contribution in [2.75, 3.05) is 26.6 Å². The highest BCUT2D eigenvalue weighted by molar-refractivity contribution is 8.00. The van der Waals surface area contributed by atoms with Gasteiger partial charge in [-0.15, -0.1) is 0 Å². The highest BCUT2D eigenvalue weighted by atomic mass is 32.2. The number of amides is 1. The van der Waals surface area contributed by atoms with Crippen LogP contribution in [-0.2, 0) is 0 Å². The number of thioether (sulfide) groups is 1. The van der Waals surface area contributed by atoms with Gasteiger partial charge in [-0.2, -0.15) is 13.2 Å². The lowest BCUT2D eigenvalue weighted by Gasteiger charge is -2.15. The van der Waals surface area contributed by atoms with Crippen molar-refractivity contribution in [2.45, 2.75) is 10.4 Å². The maximum absolute atomic E-state index is 12.7. The molecule has 0 saturated carbocycles. The molecule has 140 valence electrons. The molecule has 0 aliphatic rings. The van der Waals surface area contributed by atoms with Gasteiger partial charge in [0, 0.05) is 22.7 Å². The van der Waals surface area contributed by atoms with Crippen LogP contribution in [0.3, 0.4) is 0 Å². The Morgan fingerprint density at radius 3 is 2.08 bits per heavy atom. The van der Waals surface area contributed by atoms with E-state index < -0.39 is 11.4 Å². The van der Waals surface area contributed by atoms with Crippen molar-refractivity contribution in [3.05, 3.63) is 42.0 Å². The summed E-state index contributed by atoms with van der Waals surface area (Å²) >= 11 is -0.343. The molecule has 0 aliphatic heterocycles. The second-order valence-electron chi connectivity index (χ2n) is 4.91. The lowest BCUT2D eigenvalue weighted by Crippen LogP contribution is -2.14. The maximum atomic E-state index is 12.7. The lowest BCUT2D eigenvalue weighted by atomic mass is 10.2. The Balaban J connectivity index is 2.34. The van der Waals surface area contributed by atoms with Crippen LogP contribution in [0.2, 0.25) is 0 Å². The summed E-state index contributed by atoms with van der Waals surface area (Å²) in [4.78, 5) is 12.3. The van der Waals surface area contributed by atoms with Crippen LogP contribution in [0.1, 0.15) is 10.4 Å².